The Bertz CT molecular complexity index is 396. The molecule has 0 saturated carbocycles. The lowest BCUT2D eigenvalue weighted by molar-refractivity contribution is -0.118. The normalized spacial score (nSPS) is 12.2. The van der Waals surface area contributed by atoms with E-state index in [-0.39, 0.29) is 11.9 Å². The van der Waals surface area contributed by atoms with Crippen LogP contribution < -0.4 is 15.8 Å². The molecule has 1 aromatic rings. The van der Waals surface area contributed by atoms with Crippen molar-refractivity contribution in [3.05, 3.63) is 28.2 Å². The van der Waals surface area contributed by atoms with Gasteiger partial charge in [0.25, 0.3) is 0 Å². The molecule has 0 fully saturated rings. The Morgan fingerprint density at radius 3 is 2.88 bits per heavy atom. The fraction of sp³-hybridized carbons (Fsp3) is 0.417. The highest BCUT2D eigenvalue weighted by atomic mass is 79.9. The van der Waals surface area contributed by atoms with Crippen LogP contribution in [0.1, 0.15) is 18.9 Å². The molecular weight excluding hydrogens is 284 g/mol. The zero-order valence-corrected chi connectivity index (χ0v) is 11.6. The molecule has 3 N–H and O–H groups in total. The van der Waals surface area contributed by atoms with Gasteiger partial charge in [0, 0.05) is 23.5 Å². The molecule has 1 amide bonds. The molecule has 0 aromatic heterocycles. The molecule has 17 heavy (non-hydrogen) atoms. The second-order valence-corrected chi connectivity index (χ2v) is 4.76. The summed E-state index contributed by atoms with van der Waals surface area (Å²) in [6.45, 7) is 2.59. The van der Waals surface area contributed by atoms with Gasteiger partial charge < -0.3 is 15.8 Å². The molecule has 1 atom stereocenters. The molecule has 1 aromatic carbocycles. The van der Waals surface area contributed by atoms with Crippen LogP contribution in [0.25, 0.3) is 0 Å². The Morgan fingerprint density at radius 1 is 1.59 bits per heavy atom. The molecule has 0 aliphatic rings. The van der Waals surface area contributed by atoms with E-state index in [9.17, 15) is 4.79 Å². The molecule has 5 heteroatoms. The summed E-state index contributed by atoms with van der Waals surface area (Å²) in [5, 5.41) is 3.24. The standard InChI is InChI=1S/C12H17BrN2O2/c1-8(5-12(14)16)15-7-9-6-10(17-2)3-4-11(9)13/h3-4,6,8,15H,5,7H2,1-2H3,(H2,14,16). The van der Waals surface area contributed by atoms with Crippen LogP contribution in [0.2, 0.25) is 0 Å². The minimum absolute atomic E-state index is 0.0607. The van der Waals surface area contributed by atoms with Gasteiger partial charge in [-0.25, -0.2) is 0 Å². The number of hydrogen-bond donors (Lipinski definition) is 2. The average Bonchev–Trinajstić information content (AvgIpc) is 2.27. The van der Waals surface area contributed by atoms with Crippen LogP contribution in [0, 0.1) is 0 Å². The van der Waals surface area contributed by atoms with Gasteiger partial charge in [-0.1, -0.05) is 15.9 Å². The maximum absolute atomic E-state index is 10.7. The van der Waals surface area contributed by atoms with Gasteiger partial charge in [-0.15, -0.1) is 0 Å². The van der Waals surface area contributed by atoms with Crippen molar-refractivity contribution in [2.45, 2.75) is 25.9 Å². The number of halogens is 1. The lowest BCUT2D eigenvalue weighted by Crippen LogP contribution is -2.30. The summed E-state index contributed by atoms with van der Waals surface area (Å²) in [6.07, 6.45) is 0.335. The van der Waals surface area contributed by atoms with Gasteiger partial charge in [0.2, 0.25) is 5.91 Å². The molecule has 0 bridgehead atoms. The fourth-order valence-electron chi connectivity index (χ4n) is 1.47. The third-order valence-electron chi connectivity index (χ3n) is 2.40. The Kier molecular flexibility index (Phi) is 5.44. The van der Waals surface area contributed by atoms with Gasteiger partial charge in [0.15, 0.2) is 0 Å². The Hall–Kier alpha value is -1.07. The molecule has 0 aliphatic heterocycles. The number of nitrogens with one attached hydrogen (secondary N) is 1. The van der Waals surface area contributed by atoms with E-state index in [0.717, 1.165) is 15.8 Å². The Labute approximate surface area is 110 Å². The topological polar surface area (TPSA) is 64.3 Å². The largest absolute Gasteiger partial charge is 0.497 e. The summed E-state index contributed by atoms with van der Waals surface area (Å²) in [5.74, 6) is 0.516. The highest BCUT2D eigenvalue weighted by Gasteiger charge is 2.07. The average molecular weight is 301 g/mol. The van der Waals surface area contributed by atoms with E-state index in [1.54, 1.807) is 7.11 Å². The zero-order valence-electron chi connectivity index (χ0n) is 10.00. The van der Waals surface area contributed by atoms with Gasteiger partial charge >= 0.3 is 0 Å². The quantitative estimate of drug-likeness (QED) is 0.842. The van der Waals surface area contributed by atoms with Gasteiger partial charge in [0.1, 0.15) is 5.75 Å². The van der Waals surface area contributed by atoms with E-state index in [0.29, 0.717) is 13.0 Å². The lowest BCUT2D eigenvalue weighted by atomic mass is 10.2. The van der Waals surface area contributed by atoms with Crippen LogP contribution in [0.15, 0.2) is 22.7 Å². The summed E-state index contributed by atoms with van der Waals surface area (Å²) in [4.78, 5) is 10.7. The number of carbonyl (C=O) groups is 1. The Balaban J connectivity index is 2.59. The third kappa shape index (κ3) is 4.75. The number of methoxy groups -OCH3 is 1. The second-order valence-electron chi connectivity index (χ2n) is 3.91. The zero-order chi connectivity index (χ0) is 12.8. The third-order valence-corrected chi connectivity index (χ3v) is 3.17. The molecule has 1 unspecified atom stereocenters. The van der Waals surface area contributed by atoms with Crippen molar-refractivity contribution in [1.29, 1.82) is 0 Å². The first-order valence-electron chi connectivity index (χ1n) is 5.37. The number of amides is 1. The van der Waals surface area contributed by atoms with Crippen molar-refractivity contribution in [2.75, 3.05) is 7.11 Å². The van der Waals surface area contributed by atoms with Gasteiger partial charge in [-0.05, 0) is 30.7 Å². The summed E-state index contributed by atoms with van der Waals surface area (Å²) < 4.78 is 6.17. The lowest BCUT2D eigenvalue weighted by Gasteiger charge is -2.13. The highest BCUT2D eigenvalue weighted by molar-refractivity contribution is 9.10. The fourth-order valence-corrected chi connectivity index (χ4v) is 1.86. The van der Waals surface area contributed by atoms with Crippen LogP contribution >= 0.6 is 15.9 Å². The monoisotopic (exact) mass is 300 g/mol. The number of benzene rings is 1. The molecule has 0 saturated heterocycles. The van der Waals surface area contributed by atoms with Gasteiger partial charge in [-0.2, -0.15) is 0 Å². The molecule has 1 rings (SSSR count). The number of ether oxygens (including phenoxy) is 1. The van der Waals surface area contributed by atoms with Crippen LogP contribution in [0.3, 0.4) is 0 Å². The molecule has 0 aliphatic carbocycles. The first-order chi connectivity index (χ1) is 8.02. The molecule has 94 valence electrons. The van der Waals surface area contributed by atoms with E-state index < -0.39 is 0 Å². The Morgan fingerprint density at radius 2 is 2.29 bits per heavy atom. The van der Waals surface area contributed by atoms with E-state index in [4.69, 9.17) is 10.5 Å². The van der Waals surface area contributed by atoms with Gasteiger partial charge in [-0.3, -0.25) is 4.79 Å². The summed E-state index contributed by atoms with van der Waals surface area (Å²) in [5.41, 5.74) is 6.21. The molecule has 0 heterocycles. The minimum Gasteiger partial charge on any atom is -0.497 e. The summed E-state index contributed by atoms with van der Waals surface area (Å²) in [6, 6.07) is 5.84. The van der Waals surface area contributed by atoms with Crippen molar-refractivity contribution in [1.82, 2.24) is 5.32 Å². The maximum atomic E-state index is 10.7. The van der Waals surface area contributed by atoms with E-state index in [1.165, 1.54) is 0 Å². The maximum Gasteiger partial charge on any atom is 0.218 e. The number of rotatable bonds is 6. The molecule has 0 spiro atoms. The van der Waals surface area contributed by atoms with Crippen LogP contribution in [-0.2, 0) is 11.3 Å². The smallest absolute Gasteiger partial charge is 0.218 e. The first-order valence-corrected chi connectivity index (χ1v) is 6.16. The van der Waals surface area contributed by atoms with Crippen molar-refractivity contribution in [2.24, 2.45) is 5.73 Å². The predicted molar refractivity (Wildman–Crippen MR) is 70.8 cm³/mol. The highest BCUT2D eigenvalue weighted by Crippen LogP contribution is 2.22. The van der Waals surface area contributed by atoms with Crippen LogP contribution in [0.5, 0.6) is 5.75 Å². The summed E-state index contributed by atoms with van der Waals surface area (Å²) >= 11 is 3.47. The van der Waals surface area contributed by atoms with E-state index in [2.05, 4.69) is 21.2 Å². The molecule has 0 radical (unpaired) electrons. The summed E-state index contributed by atoms with van der Waals surface area (Å²) in [7, 11) is 1.64. The number of hydrogen-bond acceptors (Lipinski definition) is 3. The van der Waals surface area contributed by atoms with E-state index in [1.807, 2.05) is 25.1 Å². The number of nitrogens with two attached hydrogens (primary N) is 1. The molecule has 4 nitrogen and oxygen atoms in total. The van der Waals surface area contributed by atoms with Crippen molar-refractivity contribution < 1.29 is 9.53 Å². The minimum atomic E-state index is -0.297. The predicted octanol–water partition coefficient (Wildman–Crippen LogP) is 1.81. The van der Waals surface area contributed by atoms with Crippen LogP contribution in [0.4, 0.5) is 0 Å². The number of primary amides is 1. The SMILES string of the molecule is COc1ccc(Br)c(CNC(C)CC(N)=O)c1. The van der Waals surface area contributed by atoms with Crippen molar-refractivity contribution >= 4 is 21.8 Å². The van der Waals surface area contributed by atoms with Crippen LogP contribution in [-0.4, -0.2) is 19.1 Å². The van der Waals surface area contributed by atoms with Crippen molar-refractivity contribution in [3.63, 3.8) is 0 Å². The first kappa shape index (κ1) is 14.0. The van der Waals surface area contributed by atoms with E-state index >= 15 is 0 Å². The van der Waals surface area contributed by atoms with Crippen molar-refractivity contribution in [3.8, 4) is 5.75 Å². The number of carbonyl (C=O) groups excluding carboxylic acids is 1. The van der Waals surface area contributed by atoms with Gasteiger partial charge in [0.05, 0.1) is 7.11 Å². The molecular formula is C12H17BrN2O2. The second kappa shape index (κ2) is 6.61.